The Hall–Kier alpha value is -3.03. The molecule has 0 unspecified atom stereocenters. The van der Waals surface area contributed by atoms with Crippen LogP contribution in [-0.2, 0) is 20.2 Å². The van der Waals surface area contributed by atoms with E-state index in [-0.39, 0.29) is 21.0 Å². The summed E-state index contributed by atoms with van der Waals surface area (Å²) >= 11 is 6.24. The van der Waals surface area contributed by atoms with Gasteiger partial charge in [-0.1, -0.05) is 68.3 Å². The highest BCUT2D eigenvalue weighted by atomic mass is 35.5. The molecule has 0 aliphatic rings. The number of rotatable bonds is 7. The van der Waals surface area contributed by atoms with Crippen LogP contribution in [0.5, 0.6) is 11.5 Å². The van der Waals surface area contributed by atoms with E-state index in [1.807, 2.05) is 39.8 Å². The molecule has 0 atom stereocenters. The first kappa shape index (κ1) is 25.6. The minimum absolute atomic E-state index is 0.0268. The Morgan fingerprint density at radius 3 is 2.21 bits per heavy atom. The molecule has 34 heavy (non-hydrogen) atoms. The van der Waals surface area contributed by atoms with E-state index < -0.39 is 22.5 Å². The van der Waals surface area contributed by atoms with Gasteiger partial charge < -0.3 is 9.47 Å². The van der Waals surface area contributed by atoms with Crippen molar-refractivity contribution in [1.82, 2.24) is 0 Å². The lowest BCUT2D eigenvalue weighted by Gasteiger charge is -2.25. The third kappa shape index (κ3) is 5.54. The number of sulfonamides is 1. The fourth-order valence-corrected chi connectivity index (χ4v) is 5.13. The summed E-state index contributed by atoms with van der Waals surface area (Å²) in [7, 11) is -2.78. The van der Waals surface area contributed by atoms with Crippen LogP contribution in [0.3, 0.4) is 0 Å². The van der Waals surface area contributed by atoms with Crippen molar-refractivity contribution in [2.24, 2.45) is 0 Å². The van der Waals surface area contributed by atoms with E-state index >= 15 is 0 Å². The fraction of sp³-hybridized carbons (Fsp3) is 0.269. The molecule has 0 bridgehead atoms. The van der Waals surface area contributed by atoms with Crippen LogP contribution in [0.2, 0.25) is 5.02 Å². The van der Waals surface area contributed by atoms with Gasteiger partial charge in [0.05, 0.1) is 22.7 Å². The molecule has 0 heterocycles. The Morgan fingerprint density at radius 1 is 0.971 bits per heavy atom. The predicted molar refractivity (Wildman–Crippen MR) is 134 cm³/mol. The Kier molecular flexibility index (Phi) is 7.58. The molecule has 0 aliphatic carbocycles. The van der Waals surface area contributed by atoms with Gasteiger partial charge in [0.1, 0.15) is 11.5 Å². The monoisotopic (exact) mass is 501 g/mol. The van der Waals surface area contributed by atoms with E-state index in [1.54, 1.807) is 24.3 Å². The number of halogens is 1. The molecule has 180 valence electrons. The highest BCUT2D eigenvalue weighted by Gasteiger charge is 2.32. The van der Waals surface area contributed by atoms with E-state index in [0.29, 0.717) is 11.5 Å². The predicted octanol–water partition coefficient (Wildman–Crippen LogP) is 5.76. The van der Waals surface area contributed by atoms with Crippen LogP contribution < -0.4 is 13.8 Å². The lowest BCUT2D eigenvalue weighted by atomic mass is 9.85. The Balaban J connectivity index is 2.01. The molecule has 3 rings (SSSR count). The second kappa shape index (κ2) is 10.1. The lowest BCUT2D eigenvalue weighted by Crippen LogP contribution is -2.40. The normalized spacial score (nSPS) is 11.7. The molecule has 6 nitrogen and oxygen atoms in total. The molecule has 0 aromatic heterocycles. The van der Waals surface area contributed by atoms with Crippen molar-refractivity contribution >= 4 is 33.2 Å². The molecule has 0 radical (unpaired) electrons. The average molecular weight is 502 g/mol. The lowest BCUT2D eigenvalue weighted by molar-refractivity contribution is -0.119. The van der Waals surface area contributed by atoms with Crippen molar-refractivity contribution in [3.63, 3.8) is 0 Å². The molecule has 0 spiro atoms. The van der Waals surface area contributed by atoms with E-state index in [0.717, 1.165) is 15.4 Å². The summed E-state index contributed by atoms with van der Waals surface area (Å²) in [4.78, 5) is 13.4. The van der Waals surface area contributed by atoms with Gasteiger partial charge in [0.15, 0.2) is 6.61 Å². The zero-order valence-corrected chi connectivity index (χ0v) is 21.4. The Bertz CT molecular complexity index is 1280. The number of amides is 1. The Morgan fingerprint density at radius 2 is 1.62 bits per heavy atom. The second-order valence-corrected chi connectivity index (χ2v) is 11.0. The smallest absolute Gasteiger partial charge is 0.278 e. The van der Waals surface area contributed by atoms with Gasteiger partial charge in [-0.3, -0.25) is 4.79 Å². The number of ether oxygens (including phenoxy) is 2. The van der Waals surface area contributed by atoms with Crippen LogP contribution in [-0.4, -0.2) is 28.0 Å². The molecule has 0 saturated heterocycles. The number of carbonyl (C=O) groups is 1. The van der Waals surface area contributed by atoms with Crippen LogP contribution in [0.4, 0.5) is 5.69 Å². The first-order valence-electron chi connectivity index (χ1n) is 10.7. The average Bonchev–Trinajstić information content (AvgIpc) is 2.78. The number of anilines is 1. The topological polar surface area (TPSA) is 72.9 Å². The Labute approximate surface area is 206 Å². The maximum absolute atomic E-state index is 13.5. The van der Waals surface area contributed by atoms with Gasteiger partial charge in [0, 0.05) is 0 Å². The summed E-state index contributed by atoms with van der Waals surface area (Å²) in [6.07, 6.45) is 0. The number of nitrogens with zero attached hydrogens (tertiary/aromatic N) is 1. The van der Waals surface area contributed by atoms with E-state index in [4.69, 9.17) is 21.1 Å². The van der Waals surface area contributed by atoms with Gasteiger partial charge in [0.2, 0.25) is 0 Å². The number of hydrogen-bond donors (Lipinski definition) is 0. The van der Waals surface area contributed by atoms with Crippen LogP contribution in [0.25, 0.3) is 0 Å². The van der Waals surface area contributed by atoms with Crippen molar-refractivity contribution < 1.29 is 22.7 Å². The van der Waals surface area contributed by atoms with E-state index in [1.165, 1.54) is 37.4 Å². The van der Waals surface area contributed by atoms with Crippen molar-refractivity contribution in [2.75, 3.05) is 18.0 Å². The van der Waals surface area contributed by atoms with Crippen LogP contribution in [0.15, 0.2) is 71.6 Å². The van der Waals surface area contributed by atoms with E-state index in [2.05, 4.69) is 0 Å². The molecular formula is C26H28ClNO5S. The van der Waals surface area contributed by atoms with Crippen molar-refractivity contribution in [2.45, 2.75) is 38.0 Å². The maximum Gasteiger partial charge on any atom is 0.278 e. The summed E-state index contributed by atoms with van der Waals surface area (Å²) in [6.45, 7) is 7.62. The van der Waals surface area contributed by atoms with Crippen molar-refractivity contribution in [3.05, 3.63) is 82.9 Å². The number of aryl methyl sites for hydroxylation is 1. The minimum atomic E-state index is -4.23. The molecule has 0 saturated carbocycles. The zero-order chi connectivity index (χ0) is 25.1. The molecular weight excluding hydrogens is 474 g/mol. The molecule has 1 amide bonds. The van der Waals surface area contributed by atoms with Crippen LogP contribution >= 0.6 is 11.6 Å². The van der Waals surface area contributed by atoms with E-state index in [9.17, 15) is 13.2 Å². The third-order valence-electron chi connectivity index (χ3n) is 5.17. The van der Waals surface area contributed by atoms with Gasteiger partial charge in [-0.15, -0.1) is 0 Å². The SMILES string of the molecule is COc1ccc(N(C(=O)COc2ccc(C)cc2C(C)(C)C)S(=O)(=O)c2ccccc2)cc1Cl. The molecule has 0 N–H and O–H groups in total. The summed E-state index contributed by atoms with van der Waals surface area (Å²) in [5.41, 5.74) is 1.84. The third-order valence-corrected chi connectivity index (χ3v) is 7.23. The molecule has 3 aromatic carbocycles. The van der Waals surface area contributed by atoms with Gasteiger partial charge in [-0.2, -0.15) is 4.31 Å². The first-order valence-corrected chi connectivity index (χ1v) is 12.5. The van der Waals surface area contributed by atoms with Gasteiger partial charge in [-0.25, -0.2) is 8.42 Å². The van der Waals surface area contributed by atoms with Crippen LogP contribution in [0, 0.1) is 6.92 Å². The number of hydrogen-bond acceptors (Lipinski definition) is 5. The number of benzene rings is 3. The van der Waals surface area contributed by atoms with Gasteiger partial charge in [-0.05, 0) is 54.3 Å². The molecule has 3 aromatic rings. The van der Waals surface area contributed by atoms with Gasteiger partial charge in [0.25, 0.3) is 15.9 Å². The first-order chi connectivity index (χ1) is 15.9. The van der Waals surface area contributed by atoms with Crippen molar-refractivity contribution in [1.29, 1.82) is 0 Å². The van der Waals surface area contributed by atoms with Crippen LogP contribution in [0.1, 0.15) is 31.9 Å². The summed E-state index contributed by atoms with van der Waals surface area (Å²) < 4.78 is 38.8. The quantitative estimate of drug-likeness (QED) is 0.412. The molecule has 8 heteroatoms. The van der Waals surface area contributed by atoms with Gasteiger partial charge >= 0.3 is 0 Å². The summed E-state index contributed by atoms with van der Waals surface area (Å²) in [5.74, 6) is 0.127. The summed E-state index contributed by atoms with van der Waals surface area (Å²) in [5, 5.41) is 0.176. The standard InChI is InChI=1S/C26H28ClNO5S/c1-18-11-13-23(21(15-18)26(2,3)4)33-17-25(29)28(19-12-14-24(32-5)22(27)16-19)34(30,31)20-9-7-6-8-10-20/h6-16H,17H2,1-5H3. The second-order valence-electron chi connectivity index (χ2n) is 8.83. The number of carbonyl (C=O) groups excluding carboxylic acids is 1. The molecule has 0 fully saturated rings. The largest absolute Gasteiger partial charge is 0.495 e. The summed E-state index contributed by atoms with van der Waals surface area (Å²) in [6, 6.07) is 17.8. The fourth-order valence-electron chi connectivity index (χ4n) is 3.45. The zero-order valence-electron chi connectivity index (χ0n) is 19.8. The maximum atomic E-state index is 13.5. The highest BCUT2D eigenvalue weighted by Crippen LogP contribution is 2.34. The highest BCUT2D eigenvalue weighted by molar-refractivity contribution is 7.93. The van der Waals surface area contributed by atoms with Crippen molar-refractivity contribution in [3.8, 4) is 11.5 Å². The minimum Gasteiger partial charge on any atom is -0.495 e. The molecule has 0 aliphatic heterocycles. The number of methoxy groups -OCH3 is 1.